The summed E-state index contributed by atoms with van der Waals surface area (Å²) >= 11 is 0. The fraction of sp³-hybridized carbons (Fsp3) is 0.316. The van der Waals surface area contributed by atoms with Crippen molar-refractivity contribution < 1.29 is 4.74 Å². The average molecular weight is 1120 g/mol. The molecule has 0 saturated heterocycles. The number of hydrogen-bond donors (Lipinski definition) is 0. The maximum Gasteiger partial charge on any atom is 0.256 e. The van der Waals surface area contributed by atoms with E-state index in [2.05, 4.69) is 320 Å². The zero-order valence-corrected chi connectivity index (χ0v) is 53.9. The van der Waals surface area contributed by atoms with Gasteiger partial charge in [0.05, 0.1) is 27.9 Å². The molecule has 4 heterocycles. The van der Waals surface area contributed by atoms with Gasteiger partial charge in [-0.1, -0.05) is 203 Å². The van der Waals surface area contributed by atoms with Crippen molar-refractivity contribution in [2.75, 3.05) is 9.80 Å². The summed E-state index contributed by atoms with van der Waals surface area (Å²) in [4.78, 5) is 5.11. The van der Waals surface area contributed by atoms with Crippen LogP contribution in [0.3, 0.4) is 0 Å². The molecule has 0 amide bonds. The fourth-order valence-electron chi connectivity index (χ4n) is 13.5. The van der Waals surface area contributed by atoms with Crippen LogP contribution >= 0.6 is 0 Å². The molecule has 6 heteroatoms. The van der Waals surface area contributed by atoms with Gasteiger partial charge in [-0.3, -0.25) is 0 Å². The Morgan fingerprint density at radius 1 is 0.365 bits per heavy atom. The number of fused-ring (bicyclic) bond motifs is 10. The molecule has 0 unspecified atom stereocenters. The summed E-state index contributed by atoms with van der Waals surface area (Å²) < 4.78 is 12.4. The van der Waals surface area contributed by atoms with E-state index in [1.165, 1.54) is 93.4 Å². The van der Waals surface area contributed by atoms with Crippen molar-refractivity contribution in [2.45, 2.75) is 157 Å². The van der Waals surface area contributed by atoms with E-state index >= 15 is 0 Å². The number of rotatable bonds is 5. The number of aromatic nitrogens is 2. The summed E-state index contributed by atoms with van der Waals surface area (Å²) in [5, 5.41) is 4.92. The van der Waals surface area contributed by atoms with Crippen LogP contribution in [0.25, 0.3) is 49.3 Å². The van der Waals surface area contributed by atoms with Gasteiger partial charge in [-0.15, -0.1) is 0 Å². The molecular weight excluding hydrogens is 1030 g/mol. The number of para-hydroxylation sites is 1. The third kappa shape index (κ3) is 9.36. The second-order valence-electron chi connectivity index (χ2n) is 30.9. The molecule has 11 aromatic rings. The Balaban J connectivity index is 1.16. The lowest BCUT2D eigenvalue weighted by Crippen LogP contribution is -2.60. The summed E-state index contributed by atoms with van der Waals surface area (Å²) in [6.07, 6.45) is 0. The topological polar surface area (TPSA) is 25.6 Å². The zero-order chi connectivity index (χ0) is 60.4. The highest BCUT2D eigenvalue weighted by molar-refractivity contribution is 6.99. The molecule has 85 heavy (non-hydrogen) atoms. The van der Waals surface area contributed by atoms with Crippen LogP contribution in [0.2, 0.25) is 0 Å². The Hall–Kier alpha value is -7.96. The molecule has 13 rings (SSSR count). The lowest BCUT2D eigenvalue weighted by atomic mass is 9.33. The first-order valence-corrected chi connectivity index (χ1v) is 30.9. The summed E-state index contributed by atoms with van der Waals surface area (Å²) in [5.74, 6) is 1.79. The second-order valence-corrected chi connectivity index (χ2v) is 30.9. The van der Waals surface area contributed by atoms with Crippen molar-refractivity contribution in [1.82, 2.24) is 9.13 Å². The molecule has 2 aromatic heterocycles. The van der Waals surface area contributed by atoms with E-state index in [1.54, 1.807) is 0 Å². The molecule has 2 aliphatic rings. The third-order valence-corrected chi connectivity index (χ3v) is 18.7. The van der Waals surface area contributed by atoms with Crippen LogP contribution in [0.5, 0.6) is 11.5 Å². The van der Waals surface area contributed by atoms with Gasteiger partial charge in [0.25, 0.3) is 6.71 Å². The van der Waals surface area contributed by atoms with Crippen LogP contribution in [0.15, 0.2) is 170 Å². The minimum atomic E-state index is -0.111. The molecule has 0 fully saturated rings. The van der Waals surface area contributed by atoms with E-state index in [1.807, 2.05) is 0 Å². The molecule has 0 radical (unpaired) electrons. The van der Waals surface area contributed by atoms with Crippen LogP contribution in [0.4, 0.5) is 34.1 Å². The Morgan fingerprint density at radius 2 is 0.835 bits per heavy atom. The largest absolute Gasteiger partial charge is 0.458 e. The second kappa shape index (κ2) is 19.0. The SMILES string of the molecule is Cn1c2ccccc2c2cc(N3c4ccc(C(C)(C)C)cc4B4c5cc(C(C)(C)C)ccc5Oc5cc(-n6c7ccc(C(C)(C)C)cc7c7cc(C(C)(C)C)ccc76)cc3c54)cc(N(c3ccc(C(C)(C)C)cc3)c3ccc(C(C)(C)C)cc3)c21. The van der Waals surface area contributed by atoms with Crippen molar-refractivity contribution in [3.05, 3.63) is 203 Å². The standard InChI is InChI=1S/C79H85BN4O/c1-74(2,3)48-24-32-54(33-25-48)82(55-34-26-49(27-35-55)75(4,5)6)69-46-56(44-61-58-22-20-21-23-64(58)81(19)73(61)69)84-67-38-30-52(78(13,14)15)42-62(67)80-63-43-53(79(16,17)18)31-39-70(63)85-71-47-57(45-68(84)72(71)80)83-65-36-28-50(76(7,8)9)40-59(65)60-41-51(77(10,11)12)29-37-66(60)83/h20-47H,1-19H3. The molecule has 5 nitrogen and oxygen atoms in total. The van der Waals surface area contributed by atoms with E-state index in [-0.39, 0.29) is 39.2 Å². The zero-order valence-electron chi connectivity index (χ0n) is 53.9. The summed E-state index contributed by atoms with van der Waals surface area (Å²) in [6.45, 7) is 41.6. The molecule has 0 spiro atoms. The van der Waals surface area contributed by atoms with Gasteiger partial charge in [0.2, 0.25) is 0 Å². The minimum absolute atomic E-state index is 0.0106. The quantitative estimate of drug-likeness (QED) is 0.161. The molecule has 430 valence electrons. The number of hydrogen-bond acceptors (Lipinski definition) is 3. The van der Waals surface area contributed by atoms with Crippen LogP contribution in [0, 0.1) is 0 Å². The number of ether oxygens (including phenoxy) is 1. The van der Waals surface area contributed by atoms with Crippen molar-refractivity contribution in [3.63, 3.8) is 0 Å². The number of anilines is 6. The number of aryl methyl sites for hydroxylation is 1. The third-order valence-electron chi connectivity index (χ3n) is 18.7. The van der Waals surface area contributed by atoms with Gasteiger partial charge in [0.15, 0.2) is 0 Å². The summed E-state index contributed by atoms with van der Waals surface area (Å²) in [6, 6.07) is 66.0. The van der Waals surface area contributed by atoms with Crippen molar-refractivity contribution in [3.8, 4) is 17.2 Å². The first kappa shape index (κ1) is 56.2. The molecule has 0 atom stereocenters. The van der Waals surface area contributed by atoms with Crippen LogP contribution in [-0.2, 0) is 39.5 Å². The van der Waals surface area contributed by atoms with Crippen LogP contribution < -0.4 is 30.9 Å². The summed E-state index contributed by atoms with van der Waals surface area (Å²) in [7, 11) is 2.24. The van der Waals surface area contributed by atoms with Crippen LogP contribution in [-0.4, -0.2) is 15.8 Å². The Kier molecular flexibility index (Phi) is 12.6. The van der Waals surface area contributed by atoms with Gasteiger partial charge in [0, 0.05) is 68.6 Å². The van der Waals surface area contributed by atoms with Crippen LogP contribution in [0.1, 0.15) is 158 Å². The predicted octanol–water partition coefficient (Wildman–Crippen LogP) is 20.1. The predicted molar refractivity (Wildman–Crippen MR) is 368 cm³/mol. The normalized spacial score (nSPS) is 13.9. The lowest BCUT2D eigenvalue weighted by Gasteiger charge is -2.41. The highest BCUT2D eigenvalue weighted by Gasteiger charge is 2.44. The van der Waals surface area contributed by atoms with E-state index in [9.17, 15) is 0 Å². The maximum absolute atomic E-state index is 7.50. The van der Waals surface area contributed by atoms with Crippen molar-refractivity contribution >= 4 is 101 Å². The molecule has 0 N–H and O–H groups in total. The first-order valence-electron chi connectivity index (χ1n) is 30.9. The van der Waals surface area contributed by atoms with Crippen molar-refractivity contribution in [1.29, 1.82) is 0 Å². The van der Waals surface area contributed by atoms with Gasteiger partial charge in [-0.25, -0.2) is 0 Å². The smallest absolute Gasteiger partial charge is 0.256 e. The highest BCUT2D eigenvalue weighted by Crippen LogP contribution is 2.50. The maximum atomic E-state index is 7.50. The van der Waals surface area contributed by atoms with Crippen molar-refractivity contribution in [2.24, 2.45) is 7.05 Å². The number of benzene rings is 9. The van der Waals surface area contributed by atoms with Gasteiger partial charge >= 0.3 is 0 Å². The van der Waals surface area contributed by atoms with E-state index in [0.29, 0.717) is 0 Å². The van der Waals surface area contributed by atoms with E-state index in [4.69, 9.17) is 4.74 Å². The Labute approximate surface area is 506 Å². The van der Waals surface area contributed by atoms with Gasteiger partial charge in [-0.05, 0) is 167 Å². The molecule has 0 aliphatic carbocycles. The van der Waals surface area contributed by atoms with E-state index in [0.717, 1.165) is 51.3 Å². The van der Waals surface area contributed by atoms with Gasteiger partial charge in [-0.2, -0.15) is 0 Å². The Bertz CT molecular complexity index is 4380. The molecular formula is C79H85BN4O. The molecule has 0 bridgehead atoms. The first-order chi connectivity index (χ1) is 39.8. The highest BCUT2D eigenvalue weighted by atomic mass is 16.5. The average Bonchev–Trinajstić information content (AvgIpc) is 1.66. The van der Waals surface area contributed by atoms with E-state index < -0.39 is 0 Å². The van der Waals surface area contributed by atoms with Gasteiger partial charge < -0.3 is 23.7 Å². The minimum Gasteiger partial charge on any atom is -0.458 e. The summed E-state index contributed by atoms with van der Waals surface area (Å²) in [5.41, 5.74) is 23.6. The lowest BCUT2D eigenvalue weighted by molar-refractivity contribution is 0.486. The fourth-order valence-corrected chi connectivity index (χ4v) is 13.5. The number of nitrogens with zero attached hydrogens (tertiary/aromatic N) is 4. The van der Waals surface area contributed by atoms with Gasteiger partial charge in [0.1, 0.15) is 11.5 Å². The Morgan fingerprint density at radius 3 is 1.36 bits per heavy atom. The molecule has 9 aromatic carbocycles. The molecule has 0 saturated carbocycles. The molecule has 2 aliphatic heterocycles. The monoisotopic (exact) mass is 1120 g/mol.